The molecule has 3 aromatic heterocycles. The van der Waals surface area contributed by atoms with Crippen LogP contribution in [0.4, 0.5) is 17.6 Å². The molecule has 0 aliphatic carbocycles. The number of pyridine rings is 2. The molecule has 3 heterocycles. The molecule has 0 aliphatic heterocycles. The Morgan fingerprint density at radius 2 is 2.00 bits per heavy atom. The molecule has 0 aliphatic rings. The summed E-state index contributed by atoms with van der Waals surface area (Å²) in [6.45, 7) is 0.720. The summed E-state index contributed by atoms with van der Waals surface area (Å²) in [4.78, 5) is 7.66. The summed E-state index contributed by atoms with van der Waals surface area (Å²) >= 11 is 5.82. The second-order valence-electron chi connectivity index (χ2n) is 5.05. The number of fused-ring (bicyclic) bond motifs is 1. The summed E-state index contributed by atoms with van der Waals surface area (Å²) in [7, 11) is 0. The largest absolute Gasteiger partial charge is 0.301 e. The molecule has 0 amide bonds. The second kappa shape index (κ2) is 5.49. The van der Waals surface area contributed by atoms with Crippen molar-refractivity contribution < 1.29 is 17.6 Å². The van der Waals surface area contributed by atoms with Gasteiger partial charge in [0.25, 0.3) is 12.3 Å². The Hall–Kier alpha value is -2.15. The first-order valence-corrected chi connectivity index (χ1v) is 6.95. The molecule has 0 atom stereocenters. The van der Waals surface area contributed by atoms with Crippen molar-refractivity contribution in [3.05, 3.63) is 53.1 Å². The molecule has 0 saturated carbocycles. The monoisotopic (exact) mass is 343 g/mol. The molecule has 0 unspecified atom stereocenters. The Morgan fingerprint density at radius 3 is 2.65 bits per heavy atom. The summed E-state index contributed by atoms with van der Waals surface area (Å²) in [6.07, 6.45) is -0.348. The van der Waals surface area contributed by atoms with Gasteiger partial charge < -0.3 is 4.57 Å². The van der Waals surface area contributed by atoms with Gasteiger partial charge in [0.1, 0.15) is 16.7 Å². The molecule has 8 heteroatoms. The average molecular weight is 344 g/mol. The van der Waals surface area contributed by atoms with Crippen LogP contribution in [0.25, 0.3) is 16.7 Å². The van der Waals surface area contributed by atoms with Gasteiger partial charge in [0.2, 0.25) is 0 Å². The van der Waals surface area contributed by atoms with Gasteiger partial charge in [0.05, 0.1) is 5.52 Å². The van der Waals surface area contributed by atoms with E-state index in [0.29, 0.717) is 5.52 Å². The number of nitrogens with zero attached hydrogens (tertiary/aromatic N) is 3. The fourth-order valence-corrected chi connectivity index (χ4v) is 2.44. The Bertz CT molecular complexity index is 871. The lowest BCUT2D eigenvalue weighted by Gasteiger charge is -2.11. The minimum absolute atomic E-state index is 0.100. The Labute approximate surface area is 133 Å². The standard InChI is InChI=1S/C15H10ClF4N3/c1-15(19,20)11-3-2-4-13(22-11)23-7-9(14(17)18)8-6-21-12(16)5-10(8)23/h2-7,14H,1H3. The fraction of sp³-hybridized carbons (Fsp3) is 0.200. The first kappa shape index (κ1) is 15.7. The van der Waals surface area contributed by atoms with Crippen molar-refractivity contribution in [2.75, 3.05) is 0 Å². The van der Waals surface area contributed by atoms with E-state index in [2.05, 4.69) is 9.97 Å². The lowest BCUT2D eigenvalue weighted by atomic mass is 10.2. The highest BCUT2D eigenvalue weighted by Crippen LogP contribution is 2.33. The molecule has 0 fully saturated rings. The van der Waals surface area contributed by atoms with Gasteiger partial charge in [-0.25, -0.2) is 18.7 Å². The first-order valence-electron chi connectivity index (χ1n) is 6.58. The topological polar surface area (TPSA) is 30.7 Å². The number of alkyl halides is 4. The average Bonchev–Trinajstić information content (AvgIpc) is 2.85. The van der Waals surface area contributed by atoms with Crippen LogP contribution in [-0.4, -0.2) is 14.5 Å². The number of aromatic nitrogens is 3. The Morgan fingerprint density at radius 1 is 1.26 bits per heavy atom. The van der Waals surface area contributed by atoms with Crippen LogP contribution in [0.5, 0.6) is 0 Å². The summed E-state index contributed by atoms with van der Waals surface area (Å²) in [5, 5.41) is 0.300. The van der Waals surface area contributed by atoms with E-state index >= 15 is 0 Å². The molecule has 0 N–H and O–H groups in total. The summed E-state index contributed by atoms with van der Waals surface area (Å²) in [5.41, 5.74) is -0.389. The van der Waals surface area contributed by atoms with Crippen molar-refractivity contribution >= 4 is 22.5 Å². The van der Waals surface area contributed by atoms with E-state index in [0.717, 1.165) is 13.1 Å². The molecule has 0 spiro atoms. The normalized spacial score (nSPS) is 12.3. The van der Waals surface area contributed by atoms with Gasteiger partial charge >= 0.3 is 0 Å². The van der Waals surface area contributed by atoms with Crippen LogP contribution in [-0.2, 0) is 5.92 Å². The molecule has 0 bridgehead atoms. The summed E-state index contributed by atoms with van der Waals surface area (Å²) in [5.74, 6) is -3.04. The Balaban J connectivity index is 2.26. The zero-order valence-electron chi connectivity index (χ0n) is 11.8. The highest BCUT2D eigenvalue weighted by Gasteiger charge is 2.27. The van der Waals surface area contributed by atoms with Crippen LogP contribution >= 0.6 is 11.6 Å². The lowest BCUT2D eigenvalue weighted by molar-refractivity contribution is 0.0127. The number of hydrogen-bond donors (Lipinski definition) is 0. The van der Waals surface area contributed by atoms with E-state index < -0.39 is 18.0 Å². The predicted octanol–water partition coefficient (Wildman–Crippen LogP) is 5.12. The smallest absolute Gasteiger partial charge is 0.287 e. The quantitative estimate of drug-likeness (QED) is 0.488. The van der Waals surface area contributed by atoms with Crippen LogP contribution in [0.3, 0.4) is 0 Å². The highest BCUT2D eigenvalue weighted by molar-refractivity contribution is 6.30. The third-order valence-corrected chi connectivity index (χ3v) is 3.56. The number of halogens is 5. The van der Waals surface area contributed by atoms with Crippen LogP contribution in [0.2, 0.25) is 5.15 Å². The van der Waals surface area contributed by atoms with Crippen LogP contribution < -0.4 is 0 Å². The van der Waals surface area contributed by atoms with Crippen LogP contribution in [0.15, 0.2) is 36.7 Å². The third-order valence-electron chi connectivity index (χ3n) is 3.35. The van der Waals surface area contributed by atoms with Crippen molar-refractivity contribution in [3.8, 4) is 5.82 Å². The Kier molecular flexibility index (Phi) is 3.75. The number of rotatable bonds is 3. The van der Waals surface area contributed by atoms with Crippen molar-refractivity contribution in [2.24, 2.45) is 0 Å². The van der Waals surface area contributed by atoms with E-state index in [1.54, 1.807) is 0 Å². The third kappa shape index (κ3) is 2.88. The van der Waals surface area contributed by atoms with Gasteiger partial charge in [-0.2, -0.15) is 8.78 Å². The van der Waals surface area contributed by atoms with Gasteiger partial charge in [0.15, 0.2) is 0 Å². The highest BCUT2D eigenvalue weighted by atomic mass is 35.5. The minimum Gasteiger partial charge on any atom is -0.301 e. The molecule has 120 valence electrons. The van der Waals surface area contributed by atoms with Crippen molar-refractivity contribution in [2.45, 2.75) is 19.3 Å². The SMILES string of the molecule is CC(F)(F)c1cccc(-n2cc(C(F)F)c3cnc(Cl)cc32)n1. The zero-order chi connectivity index (χ0) is 16.8. The van der Waals surface area contributed by atoms with Crippen LogP contribution in [0, 0.1) is 0 Å². The maximum Gasteiger partial charge on any atom is 0.287 e. The van der Waals surface area contributed by atoms with Crippen molar-refractivity contribution in [1.29, 1.82) is 0 Å². The molecule has 3 rings (SSSR count). The second-order valence-corrected chi connectivity index (χ2v) is 5.44. The summed E-state index contributed by atoms with van der Waals surface area (Å²) in [6, 6.07) is 5.42. The van der Waals surface area contributed by atoms with Crippen LogP contribution in [0.1, 0.15) is 24.6 Å². The first-order chi connectivity index (χ1) is 10.8. The maximum atomic E-state index is 13.4. The van der Waals surface area contributed by atoms with E-state index in [-0.39, 0.29) is 21.9 Å². The molecule has 3 nitrogen and oxygen atoms in total. The van der Waals surface area contributed by atoms with E-state index in [1.807, 2.05) is 0 Å². The number of hydrogen-bond acceptors (Lipinski definition) is 2. The van der Waals surface area contributed by atoms with Gasteiger partial charge in [-0.3, -0.25) is 0 Å². The van der Waals surface area contributed by atoms with Gasteiger partial charge in [-0.05, 0) is 12.1 Å². The van der Waals surface area contributed by atoms with E-state index in [9.17, 15) is 17.6 Å². The van der Waals surface area contributed by atoms with Gasteiger partial charge in [-0.1, -0.05) is 17.7 Å². The van der Waals surface area contributed by atoms with Crippen molar-refractivity contribution in [1.82, 2.24) is 14.5 Å². The molecule has 0 aromatic carbocycles. The molecular formula is C15H10ClF4N3. The van der Waals surface area contributed by atoms with E-state index in [4.69, 9.17) is 11.6 Å². The lowest BCUT2D eigenvalue weighted by Crippen LogP contribution is -2.11. The molecule has 0 saturated heterocycles. The van der Waals surface area contributed by atoms with Gasteiger partial charge in [0, 0.05) is 36.3 Å². The molecule has 0 radical (unpaired) electrons. The summed E-state index contributed by atoms with van der Waals surface area (Å²) < 4.78 is 54.5. The minimum atomic E-state index is -3.14. The molecular weight excluding hydrogens is 334 g/mol. The molecule has 23 heavy (non-hydrogen) atoms. The zero-order valence-corrected chi connectivity index (χ0v) is 12.5. The van der Waals surface area contributed by atoms with Gasteiger partial charge in [-0.15, -0.1) is 0 Å². The predicted molar refractivity (Wildman–Crippen MR) is 78.4 cm³/mol. The van der Waals surface area contributed by atoms with E-state index in [1.165, 1.54) is 35.0 Å². The molecule has 3 aromatic rings. The maximum absolute atomic E-state index is 13.4. The fourth-order valence-electron chi connectivity index (χ4n) is 2.29. The van der Waals surface area contributed by atoms with Crippen molar-refractivity contribution in [3.63, 3.8) is 0 Å².